The molecule has 0 aromatic rings. The Morgan fingerprint density at radius 3 is 2.64 bits per heavy atom. The highest BCUT2D eigenvalue weighted by atomic mass is 16.4. The van der Waals surface area contributed by atoms with Gasteiger partial charge in [0.25, 0.3) is 0 Å². The van der Waals surface area contributed by atoms with Crippen LogP contribution in [0.15, 0.2) is 12.7 Å². The van der Waals surface area contributed by atoms with Gasteiger partial charge in [0.05, 0.1) is 0 Å². The smallest absolute Gasteiger partial charge is 0.327 e. The fourth-order valence-electron chi connectivity index (χ4n) is 0.896. The van der Waals surface area contributed by atoms with Crippen molar-refractivity contribution in [3.63, 3.8) is 0 Å². The van der Waals surface area contributed by atoms with E-state index < -0.39 is 12.0 Å². The summed E-state index contributed by atoms with van der Waals surface area (Å²) in [5.74, 6) is -1.38. The lowest BCUT2D eigenvalue weighted by Crippen LogP contribution is -2.46. The third-order valence-corrected chi connectivity index (χ3v) is 1.55. The van der Waals surface area contributed by atoms with Crippen LogP contribution in [0.25, 0.3) is 0 Å². The van der Waals surface area contributed by atoms with Crippen LogP contribution in [0.2, 0.25) is 0 Å². The van der Waals surface area contributed by atoms with Crippen molar-refractivity contribution in [1.29, 1.82) is 0 Å². The minimum Gasteiger partial charge on any atom is -0.480 e. The maximum Gasteiger partial charge on any atom is 0.327 e. The molecule has 0 fully saturated rings. The van der Waals surface area contributed by atoms with Crippen LogP contribution < -0.4 is 10.6 Å². The van der Waals surface area contributed by atoms with E-state index in [-0.39, 0.29) is 12.5 Å². The highest BCUT2D eigenvalue weighted by Crippen LogP contribution is 1.83. The number of carboxylic acids is 1. The number of carbonyl (C=O) groups is 2. The Bertz CT molecular complexity index is 216. The Labute approximate surface area is 83.2 Å². The van der Waals surface area contributed by atoms with E-state index in [0.29, 0.717) is 6.54 Å². The van der Waals surface area contributed by atoms with Crippen LogP contribution in [0.4, 0.5) is 0 Å². The summed E-state index contributed by atoms with van der Waals surface area (Å²) in [7, 11) is 0. The molecule has 1 amide bonds. The van der Waals surface area contributed by atoms with Gasteiger partial charge in [0.1, 0.15) is 6.04 Å². The van der Waals surface area contributed by atoms with Crippen LogP contribution in [-0.4, -0.2) is 36.1 Å². The third-order valence-electron chi connectivity index (χ3n) is 1.55. The van der Waals surface area contributed by atoms with E-state index in [1.807, 2.05) is 0 Å². The van der Waals surface area contributed by atoms with E-state index >= 15 is 0 Å². The first kappa shape index (κ1) is 12.6. The molecule has 5 nitrogen and oxygen atoms in total. The Morgan fingerprint density at radius 2 is 2.21 bits per heavy atom. The minimum atomic E-state index is -1.04. The zero-order valence-corrected chi connectivity index (χ0v) is 8.25. The molecular weight excluding hydrogens is 184 g/mol. The summed E-state index contributed by atoms with van der Waals surface area (Å²) in [6.45, 7) is 5.71. The van der Waals surface area contributed by atoms with Gasteiger partial charge in [-0.1, -0.05) is 6.08 Å². The van der Waals surface area contributed by atoms with Crippen molar-refractivity contribution < 1.29 is 14.7 Å². The van der Waals surface area contributed by atoms with Gasteiger partial charge in [-0.15, -0.1) is 6.58 Å². The molecule has 0 aromatic heterocycles. The van der Waals surface area contributed by atoms with Crippen LogP contribution >= 0.6 is 0 Å². The van der Waals surface area contributed by atoms with Crippen molar-refractivity contribution in [1.82, 2.24) is 10.6 Å². The average molecular weight is 200 g/mol. The molecular formula is C9H16N2O3. The minimum absolute atomic E-state index is 0.225. The molecule has 0 radical (unpaired) electrons. The molecule has 0 aliphatic heterocycles. The van der Waals surface area contributed by atoms with Gasteiger partial charge in [0.2, 0.25) is 5.91 Å². The van der Waals surface area contributed by atoms with E-state index in [9.17, 15) is 9.59 Å². The second-order valence-electron chi connectivity index (χ2n) is 2.87. The van der Waals surface area contributed by atoms with E-state index in [4.69, 9.17) is 5.11 Å². The van der Waals surface area contributed by atoms with Gasteiger partial charge in [-0.05, 0) is 13.0 Å². The van der Waals surface area contributed by atoms with Crippen molar-refractivity contribution in [2.75, 3.05) is 13.1 Å². The van der Waals surface area contributed by atoms with E-state index in [1.165, 1.54) is 6.92 Å². The van der Waals surface area contributed by atoms with Crippen LogP contribution in [0, 0.1) is 0 Å². The summed E-state index contributed by atoms with van der Waals surface area (Å²) >= 11 is 0. The van der Waals surface area contributed by atoms with Gasteiger partial charge in [-0.2, -0.15) is 0 Å². The van der Waals surface area contributed by atoms with Crippen LogP contribution in [0.3, 0.4) is 0 Å². The summed E-state index contributed by atoms with van der Waals surface area (Å²) < 4.78 is 0. The zero-order chi connectivity index (χ0) is 11.0. The largest absolute Gasteiger partial charge is 0.480 e. The SMILES string of the molecule is C=CCCNCC(NC(C)=O)C(=O)O. The molecule has 0 aliphatic carbocycles. The number of rotatable bonds is 7. The Morgan fingerprint density at radius 1 is 1.57 bits per heavy atom. The van der Waals surface area contributed by atoms with Crippen molar-refractivity contribution in [2.45, 2.75) is 19.4 Å². The molecule has 5 heteroatoms. The number of hydrogen-bond donors (Lipinski definition) is 3. The fraction of sp³-hybridized carbons (Fsp3) is 0.556. The van der Waals surface area contributed by atoms with Gasteiger partial charge in [-0.25, -0.2) is 4.79 Å². The van der Waals surface area contributed by atoms with Crippen LogP contribution in [-0.2, 0) is 9.59 Å². The summed E-state index contributed by atoms with van der Waals surface area (Å²) in [6, 6.07) is -0.864. The Hall–Kier alpha value is -1.36. The molecule has 3 N–H and O–H groups in total. The van der Waals surface area contributed by atoms with Gasteiger partial charge >= 0.3 is 5.97 Å². The highest BCUT2D eigenvalue weighted by molar-refractivity contribution is 5.82. The lowest BCUT2D eigenvalue weighted by molar-refractivity contribution is -0.141. The topological polar surface area (TPSA) is 78.4 Å². The number of aliphatic carboxylic acids is 1. The molecule has 0 heterocycles. The van der Waals surface area contributed by atoms with E-state index in [0.717, 1.165) is 6.42 Å². The maximum atomic E-state index is 10.6. The average Bonchev–Trinajstić information content (AvgIpc) is 2.09. The standard InChI is InChI=1S/C9H16N2O3/c1-3-4-5-10-6-8(9(13)14)11-7(2)12/h3,8,10H,1,4-6H2,2H3,(H,11,12)(H,13,14). The van der Waals surface area contributed by atoms with E-state index in [1.54, 1.807) is 6.08 Å². The van der Waals surface area contributed by atoms with E-state index in [2.05, 4.69) is 17.2 Å². The second kappa shape index (κ2) is 7.08. The van der Waals surface area contributed by atoms with Crippen LogP contribution in [0.5, 0.6) is 0 Å². The molecule has 0 saturated heterocycles. The van der Waals surface area contributed by atoms with Gasteiger partial charge < -0.3 is 15.7 Å². The molecule has 14 heavy (non-hydrogen) atoms. The zero-order valence-electron chi connectivity index (χ0n) is 8.25. The second-order valence-corrected chi connectivity index (χ2v) is 2.87. The van der Waals surface area contributed by atoms with Gasteiger partial charge in [0, 0.05) is 13.5 Å². The van der Waals surface area contributed by atoms with Crippen LogP contribution in [0.1, 0.15) is 13.3 Å². The summed E-state index contributed by atoms with van der Waals surface area (Å²) in [6.07, 6.45) is 2.51. The monoisotopic (exact) mass is 200 g/mol. The van der Waals surface area contributed by atoms with Gasteiger partial charge in [0.15, 0.2) is 0 Å². The molecule has 0 saturated carbocycles. The van der Waals surface area contributed by atoms with Gasteiger partial charge in [-0.3, -0.25) is 4.79 Å². The van der Waals surface area contributed by atoms with Crippen molar-refractivity contribution in [3.8, 4) is 0 Å². The summed E-state index contributed by atoms with van der Waals surface area (Å²) in [5.41, 5.74) is 0. The molecule has 1 atom stereocenters. The quantitative estimate of drug-likeness (QED) is 0.391. The molecule has 80 valence electrons. The molecule has 0 rings (SSSR count). The Kier molecular flexibility index (Phi) is 6.39. The number of carboxylic acid groups (broad SMARTS) is 1. The molecule has 1 unspecified atom stereocenters. The highest BCUT2D eigenvalue weighted by Gasteiger charge is 2.16. The third kappa shape index (κ3) is 6.19. The Balaban J connectivity index is 3.79. The normalized spacial score (nSPS) is 11.8. The lowest BCUT2D eigenvalue weighted by Gasteiger charge is -2.13. The van der Waals surface area contributed by atoms with Crippen molar-refractivity contribution in [3.05, 3.63) is 12.7 Å². The predicted molar refractivity (Wildman–Crippen MR) is 52.9 cm³/mol. The number of hydrogen-bond acceptors (Lipinski definition) is 3. The summed E-state index contributed by atoms with van der Waals surface area (Å²) in [5, 5.41) is 13.9. The number of nitrogens with one attached hydrogen (secondary N) is 2. The molecule has 0 bridgehead atoms. The van der Waals surface area contributed by atoms with Crippen molar-refractivity contribution in [2.24, 2.45) is 0 Å². The molecule has 0 spiro atoms. The maximum absolute atomic E-state index is 10.6. The predicted octanol–water partition coefficient (Wildman–Crippen LogP) is -0.259. The lowest BCUT2D eigenvalue weighted by atomic mass is 10.3. The summed E-state index contributed by atoms with van der Waals surface area (Å²) in [4.78, 5) is 21.3. The molecule has 0 aromatic carbocycles. The number of amides is 1. The first-order valence-electron chi connectivity index (χ1n) is 4.39. The molecule has 0 aliphatic rings. The number of carbonyl (C=O) groups excluding carboxylic acids is 1. The first-order chi connectivity index (χ1) is 6.57. The first-order valence-corrected chi connectivity index (χ1v) is 4.39. The van der Waals surface area contributed by atoms with Crippen molar-refractivity contribution >= 4 is 11.9 Å². The fourth-order valence-corrected chi connectivity index (χ4v) is 0.896.